The van der Waals surface area contributed by atoms with Crippen LogP contribution in [0.1, 0.15) is 12.0 Å². The van der Waals surface area contributed by atoms with Gasteiger partial charge in [-0.25, -0.2) is 13.0 Å². The summed E-state index contributed by atoms with van der Waals surface area (Å²) in [5.74, 6) is 0.503. The first kappa shape index (κ1) is 16.5. The molecule has 0 atom stereocenters. The van der Waals surface area contributed by atoms with Gasteiger partial charge in [0.15, 0.2) is 18.9 Å². The molecule has 0 saturated heterocycles. The second kappa shape index (κ2) is 7.91. The first-order valence-electron chi connectivity index (χ1n) is 7.12. The summed E-state index contributed by atoms with van der Waals surface area (Å²) < 4.78 is 39.4. The van der Waals surface area contributed by atoms with Crippen molar-refractivity contribution < 1.29 is 22.3 Å². The summed E-state index contributed by atoms with van der Waals surface area (Å²) >= 11 is 0. The number of nitrogens with zero attached hydrogens (tertiary/aromatic N) is 1. The minimum Gasteiger partial charge on any atom is -0.748 e. The number of hydrogen-bond acceptors (Lipinski definition) is 4. The van der Waals surface area contributed by atoms with Crippen LogP contribution in [0.25, 0.3) is 0 Å². The molecule has 1 heterocycles. The number of ether oxygens (including phenoxy) is 1. The largest absolute Gasteiger partial charge is 0.748 e. The van der Waals surface area contributed by atoms with Crippen molar-refractivity contribution in [2.75, 3.05) is 12.4 Å². The van der Waals surface area contributed by atoms with Crippen molar-refractivity contribution in [1.82, 2.24) is 0 Å². The predicted octanol–water partition coefficient (Wildman–Crippen LogP) is 1.53. The van der Waals surface area contributed by atoms with Crippen LogP contribution in [0.3, 0.4) is 0 Å². The Morgan fingerprint density at radius 2 is 1.73 bits per heavy atom. The van der Waals surface area contributed by atoms with Gasteiger partial charge >= 0.3 is 0 Å². The van der Waals surface area contributed by atoms with Gasteiger partial charge in [-0.05, 0) is 24.1 Å². The van der Waals surface area contributed by atoms with Crippen molar-refractivity contribution in [3.8, 4) is 5.75 Å². The van der Waals surface area contributed by atoms with Crippen molar-refractivity contribution in [3.05, 3.63) is 60.4 Å². The minimum absolute atomic E-state index is 0.254. The molecule has 6 heteroatoms. The molecule has 5 nitrogen and oxygen atoms in total. The van der Waals surface area contributed by atoms with Crippen LogP contribution in [0.4, 0.5) is 0 Å². The highest BCUT2D eigenvalue weighted by atomic mass is 32.2. The third kappa shape index (κ3) is 6.24. The van der Waals surface area contributed by atoms with Crippen molar-refractivity contribution in [2.45, 2.75) is 19.4 Å². The maximum Gasteiger partial charge on any atom is 0.169 e. The van der Waals surface area contributed by atoms with E-state index in [0.717, 1.165) is 24.3 Å². The molecule has 0 saturated carbocycles. The second-order valence-electron chi connectivity index (χ2n) is 4.97. The Bertz CT molecular complexity index is 669. The Morgan fingerprint density at radius 3 is 2.36 bits per heavy atom. The van der Waals surface area contributed by atoms with Crippen LogP contribution in [-0.4, -0.2) is 25.3 Å². The molecule has 0 bridgehead atoms. The fourth-order valence-electron chi connectivity index (χ4n) is 2.00. The maximum absolute atomic E-state index is 10.6. The summed E-state index contributed by atoms with van der Waals surface area (Å²) in [5, 5.41) is 0. The van der Waals surface area contributed by atoms with Gasteiger partial charge in [-0.3, -0.25) is 0 Å². The molecule has 1 aromatic heterocycles. The Morgan fingerprint density at radius 1 is 1.05 bits per heavy atom. The first-order valence-corrected chi connectivity index (χ1v) is 8.70. The number of rotatable bonds is 8. The smallest absolute Gasteiger partial charge is 0.169 e. The SMILES string of the molecule is O=S(=O)([O-])CCc1cc[n+](CCCOc2ccccc2)cc1. The number of aryl methyl sites for hydroxylation is 2. The van der Waals surface area contributed by atoms with Gasteiger partial charge in [0.1, 0.15) is 5.75 Å². The van der Waals surface area contributed by atoms with Gasteiger partial charge in [0.05, 0.1) is 16.7 Å². The molecule has 118 valence electrons. The van der Waals surface area contributed by atoms with Crippen LogP contribution in [-0.2, 0) is 23.1 Å². The minimum atomic E-state index is -4.15. The van der Waals surface area contributed by atoms with Crippen molar-refractivity contribution in [1.29, 1.82) is 0 Å². The fraction of sp³-hybridized carbons (Fsp3) is 0.312. The van der Waals surface area contributed by atoms with E-state index in [4.69, 9.17) is 4.74 Å². The van der Waals surface area contributed by atoms with Crippen molar-refractivity contribution >= 4 is 10.1 Å². The van der Waals surface area contributed by atoms with E-state index in [-0.39, 0.29) is 12.2 Å². The topological polar surface area (TPSA) is 70.3 Å². The first-order chi connectivity index (χ1) is 10.5. The summed E-state index contributed by atoms with van der Waals surface area (Å²) in [6, 6.07) is 13.3. The molecule has 2 rings (SSSR count). The monoisotopic (exact) mass is 321 g/mol. The average molecular weight is 321 g/mol. The number of pyridine rings is 1. The summed E-state index contributed by atoms with van der Waals surface area (Å²) in [6.45, 7) is 1.44. The normalized spacial score (nSPS) is 11.3. The summed E-state index contributed by atoms with van der Waals surface area (Å²) in [4.78, 5) is 0. The summed E-state index contributed by atoms with van der Waals surface area (Å²) in [6.07, 6.45) is 4.89. The van der Waals surface area contributed by atoms with Gasteiger partial charge in [0.2, 0.25) is 0 Å². The lowest BCUT2D eigenvalue weighted by atomic mass is 10.2. The molecule has 0 fully saturated rings. The van der Waals surface area contributed by atoms with E-state index < -0.39 is 10.1 Å². The number of hydrogen-bond donors (Lipinski definition) is 0. The van der Waals surface area contributed by atoms with Gasteiger partial charge in [0.25, 0.3) is 0 Å². The lowest BCUT2D eigenvalue weighted by Gasteiger charge is -2.06. The summed E-state index contributed by atoms with van der Waals surface area (Å²) in [5.41, 5.74) is 0.844. The zero-order valence-corrected chi connectivity index (χ0v) is 13.0. The van der Waals surface area contributed by atoms with E-state index in [1.807, 2.05) is 59.4 Å². The van der Waals surface area contributed by atoms with E-state index >= 15 is 0 Å². The summed E-state index contributed by atoms with van der Waals surface area (Å²) in [7, 11) is -4.15. The average Bonchev–Trinajstić information content (AvgIpc) is 2.51. The third-order valence-electron chi connectivity index (χ3n) is 3.17. The Balaban J connectivity index is 1.72. The van der Waals surface area contributed by atoms with Crippen LogP contribution in [0.15, 0.2) is 54.9 Å². The van der Waals surface area contributed by atoms with Crippen molar-refractivity contribution in [2.24, 2.45) is 0 Å². The number of benzene rings is 1. The van der Waals surface area contributed by atoms with Gasteiger partial charge in [-0.2, -0.15) is 0 Å². The highest BCUT2D eigenvalue weighted by Crippen LogP contribution is 2.08. The zero-order chi connectivity index (χ0) is 15.8. The number of aromatic nitrogens is 1. The predicted molar refractivity (Wildman–Crippen MR) is 81.5 cm³/mol. The molecule has 0 radical (unpaired) electrons. The molecule has 1 aromatic carbocycles. The molecule has 0 spiro atoms. The molecular weight excluding hydrogens is 302 g/mol. The quantitative estimate of drug-likeness (QED) is 0.420. The van der Waals surface area contributed by atoms with E-state index in [2.05, 4.69) is 0 Å². The molecule has 2 aromatic rings. The van der Waals surface area contributed by atoms with Crippen molar-refractivity contribution in [3.63, 3.8) is 0 Å². The van der Waals surface area contributed by atoms with E-state index in [9.17, 15) is 13.0 Å². The Kier molecular flexibility index (Phi) is 5.91. The standard InChI is InChI=1S/C16H19NO4S/c18-22(19,20)14-9-15-7-11-17(12-8-15)10-4-13-21-16-5-2-1-3-6-16/h1-3,5-8,11-12H,4,9-10,13-14H2. The maximum atomic E-state index is 10.6. The Labute approximate surface area is 130 Å². The van der Waals surface area contributed by atoms with Gasteiger partial charge in [0, 0.05) is 24.3 Å². The molecular formula is C16H19NO4S. The second-order valence-corrected chi connectivity index (χ2v) is 6.49. The van der Waals surface area contributed by atoms with Crippen LogP contribution in [0.5, 0.6) is 5.75 Å². The Hall–Kier alpha value is -1.92. The number of para-hydroxylation sites is 1. The lowest BCUT2D eigenvalue weighted by Crippen LogP contribution is -2.33. The molecule has 0 aliphatic heterocycles. The molecule has 22 heavy (non-hydrogen) atoms. The molecule has 0 unspecified atom stereocenters. The highest BCUT2D eigenvalue weighted by Gasteiger charge is 2.03. The zero-order valence-electron chi connectivity index (χ0n) is 12.2. The van der Waals surface area contributed by atoms with Gasteiger partial charge in [-0.15, -0.1) is 0 Å². The van der Waals surface area contributed by atoms with E-state index in [1.54, 1.807) is 0 Å². The van der Waals surface area contributed by atoms with E-state index in [1.165, 1.54) is 0 Å². The third-order valence-corrected chi connectivity index (χ3v) is 3.88. The van der Waals surface area contributed by atoms with Crippen LogP contribution in [0, 0.1) is 0 Å². The molecule has 0 N–H and O–H groups in total. The highest BCUT2D eigenvalue weighted by molar-refractivity contribution is 7.85. The van der Waals surface area contributed by atoms with Gasteiger partial charge in [-0.1, -0.05) is 18.2 Å². The molecule has 0 aliphatic rings. The van der Waals surface area contributed by atoms with Crippen LogP contribution < -0.4 is 9.30 Å². The lowest BCUT2D eigenvalue weighted by molar-refractivity contribution is -0.697. The van der Waals surface area contributed by atoms with Crippen LogP contribution in [0.2, 0.25) is 0 Å². The van der Waals surface area contributed by atoms with Gasteiger partial charge < -0.3 is 9.29 Å². The molecule has 0 amide bonds. The molecule has 0 aliphatic carbocycles. The van der Waals surface area contributed by atoms with Crippen LogP contribution >= 0.6 is 0 Å². The fourth-order valence-corrected chi connectivity index (χ4v) is 2.49. The van der Waals surface area contributed by atoms with E-state index in [0.29, 0.717) is 6.61 Å².